The van der Waals surface area contributed by atoms with Gasteiger partial charge in [0.05, 0.1) is 5.56 Å². The summed E-state index contributed by atoms with van der Waals surface area (Å²) in [5.74, 6) is 0.959. The van der Waals surface area contributed by atoms with Gasteiger partial charge in [-0.05, 0) is 30.7 Å². The van der Waals surface area contributed by atoms with E-state index in [0.717, 1.165) is 13.0 Å². The Bertz CT molecular complexity index is 674. The van der Waals surface area contributed by atoms with Crippen molar-refractivity contribution in [2.24, 2.45) is 5.73 Å². The van der Waals surface area contributed by atoms with E-state index in [0.29, 0.717) is 36.5 Å². The number of hydrogen-bond donors (Lipinski definition) is 1. The minimum absolute atomic E-state index is 0. The van der Waals surface area contributed by atoms with E-state index in [2.05, 4.69) is 0 Å². The van der Waals surface area contributed by atoms with Gasteiger partial charge in [0.1, 0.15) is 17.3 Å². The van der Waals surface area contributed by atoms with Crippen molar-refractivity contribution in [1.82, 2.24) is 4.90 Å². The molecule has 1 aliphatic heterocycles. The van der Waals surface area contributed by atoms with Gasteiger partial charge in [0.25, 0.3) is 0 Å². The number of likely N-dealkylation sites (tertiary alicyclic amines) is 1. The average molecular weight is 339 g/mol. The highest BCUT2D eigenvalue weighted by Gasteiger charge is 2.23. The van der Waals surface area contributed by atoms with Crippen molar-refractivity contribution in [3.8, 4) is 11.3 Å². The van der Waals surface area contributed by atoms with Crippen molar-refractivity contribution in [2.75, 3.05) is 13.1 Å². The molecule has 124 valence electrons. The van der Waals surface area contributed by atoms with Gasteiger partial charge in [-0.25, -0.2) is 4.39 Å². The molecule has 1 aromatic heterocycles. The lowest BCUT2D eigenvalue weighted by Crippen LogP contribution is -2.31. The van der Waals surface area contributed by atoms with E-state index in [4.69, 9.17) is 10.2 Å². The summed E-state index contributed by atoms with van der Waals surface area (Å²) in [6.07, 6.45) is 1.76. The Balaban J connectivity index is 0.00000192. The first-order valence-corrected chi connectivity index (χ1v) is 7.50. The minimum Gasteiger partial charge on any atom is -0.461 e. The summed E-state index contributed by atoms with van der Waals surface area (Å²) in [7, 11) is 0. The van der Waals surface area contributed by atoms with Gasteiger partial charge in [0.2, 0.25) is 5.91 Å². The summed E-state index contributed by atoms with van der Waals surface area (Å²) in [5.41, 5.74) is 6.24. The van der Waals surface area contributed by atoms with E-state index in [1.807, 2.05) is 0 Å². The van der Waals surface area contributed by atoms with Crippen LogP contribution >= 0.6 is 12.4 Å². The number of carbonyl (C=O) groups excluding carboxylic acids is 1. The third-order valence-electron chi connectivity index (χ3n) is 3.96. The minimum atomic E-state index is -0.314. The molecular weight excluding hydrogens is 319 g/mol. The van der Waals surface area contributed by atoms with Crippen molar-refractivity contribution in [2.45, 2.75) is 25.3 Å². The summed E-state index contributed by atoms with van der Waals surface area (Å²) in [5, 5.41) is 0. The summed E-state index contributed by atoms with van der Waals surface area (Å²) in [6, 6.07) is 10.1. The molecule has 0 aliphatic carbocycles. The zero-order valence-electron chi connectivity index (χ0n) is 12.7. The Kier molecular flexibility index (Phi) is 5.80. The second kappa shape index (κ2) is 7.62. The molecule has 0 saturated carbocycles. The molecule has 4 nitrogen and oxygen atoms in total. The van der Waals surface area contributed by atoms with Crippen LogP contribution in [0.2, 0.25) is 0 Å². The third-order valence-corrected chi connectivity index (χ3v) is 3.96. The highest BCUT2D eigenvalue weighted by molar-refractivity contribution is 5.85. The zero-order valence-corrected chi connectivity index (χ0v) is 13.5. The van der Waals surface area contributed by atoms with E-state index in [1.165, 1.54) is 6.07 Å². The van der Waals surface area contributed by atoms with E-state index in [9.17, 15) is 9.18 Å². The number of amides is 1. The number of halogens is 2. The lowest BCUT2D eigenvalue weighted by molar-refractivity contribution is -0.130. The summed E-state index contributed by atoms with van der Waals surface area (Å²) < 4.78 is 19.4. The second-order valence-electron chi connectivity index (χ2n) is 5.63. The van der Waals surface area contributed by atoms with E-state index < -0.39 is 0 Å². The van der Waals surface area contributed by atoms with Crippen molar-refractivity contribution in [3.05, 3.63) is 48.0 Å². The smallest absolute Gasteiger partial charge is 0.223 e. The highest BCUT2D eigenvalue weighted by Crippen LogP contribution is 2.25. The number of aryl methyl sites for hydroxylation is 1. The van der Waals surface area contributed by atoms with Crippen molar-refractivity contribution < 1.29 is 13.6 Å². The molecule has 1 fully saturated rings. The first-order valence-electron chi connectivity index (χ1n) is 7.50. The summed E-state index contributed by atoms with van der Waals surface area (Å²) >= 11 is 0. The average Bonchev–Trinajstić information content (AvgIpc) is 3.14. The van der Waals surface area contributed by atoms with Gasteiger partial charge in [-0.15, -0.1) is 12.4 Å². The highest BCUT2D eigenvalue weighted by atomic mass is 35.5. The van der Waals surface area contributed by atoms with Gasteiger partial charge in [-0.3, -0.25) is 4.79 Å². The molecule has 1 aromatic carbocycles. The van der Waals surface area contributed by atoms with Crippen molar-refractivity contribution >= 4 is 18.3 Å². The maximum Gasteiger partial charge on any atom is 0.223 e. The Labute approximate surface area is 140 Å². The first kappa shape index (κ1) is 17.5. The molecule has 3 rings (SSSR count). The van der Waals surface area contributed by atoms with E-state index in [-0.39, 0.29) is 30.2 Å². The number of carbonyl (C=O) groups is 1. The lowest BCUT2D eigenvalue weighted by Gasteiger charge is -2.15. The topological polar surface area (TPSA) is 59.5 Å². The second-order valence-corrected chi connectivity index (χ2v) is 5.63. The molecule has 1 amide bonds. The molecule has 2 heterocycles. The molecule has 23 heavy (non-hydrogen) atoms. The third kappa shape index (κ3) is 4.12. The molecule has 1 atom stereocenters. The molecule has 0 bridgehead atoms. The molecule has 1 aliphatic rings. The number of benzene rings is 1. The normalized spacial score (nSPS) is 17.1. The first-order chi connectivity index (χ1) is 10.6. The molecular formula is C17H20ClFN2O2. The van der Waals surface area contributed by atoms with Gasteiger partial charge < -0.3 is 15.1 Å². The quantitative estimate of drug-likeness (QED) is 0.932. The van der Waals surface area contributed by atoms with Gasteiger partial charge in [-0.1, -0.05) is 12.1 Å². The van der Waals surface area contributed by atoms with Crippen molar-refractivity contribution in [1.29, 1.82) is 0 Å². The predicted octanol–water partition coefficient (Wildman–Crippen LogP) is 3.00. The molecule has 2 N–H and O–H groups in total. The Morgan fingerprint density at radius 1 is 1.30 bits per heavy atom. The molecule has 6 heteroatoms. The lowest BCUT2D eigenvalue weighted by atomic mass is 10.1. The molecule has 0 unspecified atom stereocenters. The van der Waals surface area contributed by atoms with E-state index in [1.54, 1.807) is 35.2 Å². The molecule has 2 aromatic rings. The van der Waals surface area contributed by atoms with Crippen LogP contribution in [0.1, 0.15) is 18.6 Å². The van der Waals surface area contributed by atoms with Crippen LogP contribution in [0.15, 0.2) is 40.8 Å². The fourth-order valence-corrected chi connectivity index (χ4v) is 2.72. The monoisotopic (exact) mass is 338 g/mol. The van der Waals surface area contributed by atoms with Crippen LogP contribution in [-0.2, 0) is 11.2 Å². The van der Waals surface area contributed by atoms with Gasteiger partial charge in [0, 0.05) is 32.0 Å². The van der Waals surface area contributed by atoms with Crippen LogP contribution in [0.5, 0.6) is 0 Å². The van der Waals surface area contributed by atoms with E-state index >= 15 is 0 Å². The van der Waals surface area contributed by atoms with Crippen molar-refractivity contribution in [3.63, 3.8) is 0 Å². The largest absolute Gasteiger partial charge is 0.461 e. The van der Waals surface area contributed by atoms with Gasteiger partial charge in [-0.2, -0.15) is 0 Å². The summed E-state index contributed by atoms with van der Waals surface area (Å²) in [6.45, 7) is 1.37. The predicted molar refractivity (Wildman–Crippen MR) is 88.8 cm³/mol. The van der Waals surface area contributed by atoms with Crippen LogP contribution < -0.4 is 5.73 Å². The number of rotatable bonds is 4. The standard InChI is InChI=1S/C17H19FN2O2.ClH/c18-15-4-2-1-3-14(15)16-7-5-13(22-16)6-8-17(21)20-10-9-12(19)11-20;/h1-5,7,12H,6,8-11,19H2;1H/t12-;/m1./s1. The number of nitrogens with zero attached hydrogens (tertiary/aromatic N) is 1. The number of hydrogen-bond acceptors (Lipinski definition) is 3. The SMILES string of the molecule is Cl.N[C@@H]1CCN(C(=O)CCc2ccc(-c3ccccc3F)o2)C1. The fraction of sp³-hybridized carbons (Fsp3) is 0.353. The zero-order chi connectivity index (χ0) is 15.5. The maximum atomic E-state index is 13.7. The van der Waals surface area contributed by atoms with Crippen LogP contribution in [0.25, 0.3) is 11.3 Å². The maximum absolute atomic E-state index is 13.7. The molecule has 1 saturated heterocycles. The van der Waals surface area contributed by atoms with Crippen LogP contribution in [-0.4, -0.2) is 29.9 Å². The summed E-state index contributed by atoms with van der Waals surface area (Å²) in [4.78, 5) is 13.9. The molecule has 0 spiro atoms. The Morgan fingerprint density at radius 2 is 2.09 bits per heavy atom. The van der Waals surface area contributed by atoms with Crippen LogP contribution in [0, 0.1) is 5.82 Å². The van der Waals surface area contributed by atoms with Crippen LogP contribution in [0.4, 0.5) is 4.39 Å². The molecule has 0 radical (unpaired) electrons. The number of furan rings is 1. The van der Waals surface area contributed by atoms with Gasteiger partial charge >= 0.3 is 0 Å². The van der Waals surface area contributed by atoms with Crippen LogP contribution in [0.3, 0.4) is 0 Å². The fourth-order valence-electron chi connectivity index (χ4n) is 2.72. The Morgan fingerprint density at radius 3 is 2.78 bits per heavy atom. The van der Waals surface area contributed by atoms with Gasteiger partial charge in [0.15, 0.2) is 0 Å². The number of nitrogens with two attached hydrogens (primary N) is 1. The Hall–Kier alpha value is -1.85.